The lowest BCUT2D eigenvalue weighted by atomic mass is 9.63. The quantitative estimate of drug-likeness (QED) is 0.573. The second kappa shape index (κ2) is 11.7. The van der Waals surface area contributed by atoms with E-state index in [-0.39, 0.29) is 11.3 Å². The molecule has 1 aliphatic carbocycles. The highest BCUT2D eigenvalue weighted by molar-refractivity contribution is 5.86. The number of amides is 2. The van der Waals surface area contributed by atoms with Crippen LogP contribution in [0.3, 0.4) is 0 Å². The third-order valence-corrected chi connectivity index (χ3v) is 8.04. The molecule has 1 saturated heterocycles. The standard InChI is InChI=1S/C29H43N5O3/c1-22-10-12-23(13-11-22)18-25(32-27(36)37-28(2,3)4)26(35)33-16-14-29(15-17-33,19-34-21-30-20-31-34)24-8-6-5-7-9-24/h10-13,20-21,24-25H,5-9,14-19H2,1-4H3,(H,32,36). The lowest BCUT2D eigenvalue weighted by Gasteiger charge is -2.48. The molecule has 1 aromatic carbocycles. The number of likely N-dealkylation sites (tertiary alicyclic amines) is 1. The third kappa shape index (κ3) is 7.33. The van der Waals surface area contributed by atoms with Crippen LogP contribution in [0.4, 0.5) is 4.79 Å². The van der Waals surface area contributed by atoms with Gasteiger partial charge < -0.3 is 15.0 Å². The van der Waals surface area contributed by atoms with E-state index in [9.17, 15) is 9.59 Å². The number of piperidine rings is 1. The summed E-state index contributed by atoms with van der Waals surface area (Å²) >= 11 is 0. The number of rotatable bonds is 7. The average Bonchev–Trinajstić information content (AvgIpc) is 3.37. The molecule has 202 valence electrons. The number of nitrogens with zero attached hydrogens (tertiary/aromatic N) is 4. The first-order valence-corrected chi connectivity index (χ1v) is 13.8. The Kier molecular flexibility index (Phi) is 8.55. The fourth-order valence-corrected chi connectivity index (χ4v) is 6.05. The first-order chi connectivity index (χ1) is 17.6. The van der Waals surface area contributed by atoms with Crippen molar-refractivity contribution >= 4 is 12.0 Å². The monoisotopic (exact) mass is 509 g/mol. The SMILES string of the molecule is Cc1ccc(CC(NC(=O)OC(C)(C)C)C(=O)N2CCC(Cn3cncn3)(C3CCCCC3)CC2)cc1. The largest absolute Gasteiger partial charge is 0.444 e. The van der Waals surface area contributed by atoms with E-state index in [4.69, 9.17) is 4.74 Å². The van der Waals surface area contributed by atoms with E-state index >= 15 is 0 Å². The summed E-state index contributed by atoms with van der Waals surface area (Å²) in [5.41, 5.74) is 1.66. The molecular formula is C29H43N5O3. The molecule has 2 aromatic rings. The Balaban J connectivity index is 1.48. The van der Waals surface area contributed by atoms with Gasteiger partial charge in [-0.2, -0.15) is 5.10 Å². The normalized spacial score (nSPS) is 19.3. The van der Waals surface area contributed by atoms with Gasteiger partial charge in [-0.3, -0.25) is 9.48 Å². The van der Waals surface area contributed by atoms with Crippen LogP contribution in [0.2, 0.25) is 0 Å². The van der Waals surface area contributed by atoms with Crippen molar-refractivity contribution in [2.24, 2.45) is 11.3 Å². The number of alkyl carbamates (subject to hydrolysis) is 1. The number of carbonyl (C=O) groups excluding carboxylic acids is 2. The van der Waals surface area contributed by atoms with Gasteiger partial charge in [0.2, 0.25) is 5.91 Å². The molecule has 0 bridgehead atoms. The molecule has 8 heteroatoms. The van der Waals surface area contributed by atoms with Crippen LogP contribution in [0.1, 0.15) is 76.8 Å². The molecular weight excluding hydrogens is 466 g/mol. The van der Waals surface area contributed by atoms with Gasteiger partial charge >= 0.3 is 6.09 Å². The second-order valence-electron chi connectivity index (χ2n) is 12.0. The Morgan fingerprint density at radius 3 is 2.38 bits per heavy atom. The Labute approximate surface area is 221 Å². The molecule has 0 radical (unpaired) electrons. The molecule has 1 saturated carbocycles. The number of aromatic nitrogens is 3. The molecule has 4 rings (SSSR count). The van der Waals surface area contributed by atoms with Gasteiger partial charge in [0.25, 0.3) is 0 Å². The maximum absolute atomic E-state index is 13.8. The topological polar surface area (TPSA) is 89.4 Å². The minimum atomic E-state index is -0.671. The average molecular weight is 510 g/mol. The number of hydrogen-bond acceptors (Lipinski definition) is 5. The lowest BCUT2D eigenvalue weighted by molar-refractivity contribution is -0.137. The highest BCUT2D eigenvalue weighted by Gasteiger charge is 2.44. The molecule has 2 heterocycles. The summed E-state index contributed by atoms with van der Waals surface area (Å²) in [4.78, 5) is 32.6. The van der Waals surface area contributed by atoms with E-state index in [0.717, 1.165) is 30.5 Å². The third-order valence-electron chi connectivity index (χ3n) is 8.04. The minimum Gasteiger partial charge on any atom is -0.444 e. The highest BCUT2D eigenvalue weighted by Crippen LogP contribution is 2.47. The van der Waals surface area contributed by atoms with E-state index < -0.39 is 17.7 Å². The number of nitrogens with one attached hydrogen (secondary N) is 1. The van der Waals surface area contributed by atoms with Crippen LogP contribution < -0.4 is 5.32 Å². The summed E-state index contributed by atoms with van der Waals surface area (Å²) in [7, 11) is 0. The van der Waals surface area contributed by atoms with E-state index in [2.05, 4.69) is 15.4 Å². The zero-order chi connectivity index (χ0) is 26.5. The van der Waals surface area contributed by atoms with Crippen molar-refractivity contribution in [3.05, 3.63) is 48.0 Å². The molecule has 1 aliphatic heterocycles. The van der Waals surface area contributed by atoms with E-state index in [1.807, 2.05) is 67.9 Å². The Hall–Kier alpha value is -2.90. The van der Waals surface area contributed by atoms with Crippen LogP contribution in [0.5, 0.6) is 0 Å². The summed E-state index contributed by atoms with van der Waals surface area (Å²) in [5.74, 6) is 0.607. The fraction of sp³-hybridized carbons (Fsp3) is 0.655. The predicted octanol–water partition coefficient (Wildman–Crippen LogP) is 4.91. The zero-order valence-corrected chi connectivity index (χ0v) is 22.9. The highest BCUT2D eigenvalue weighted by atomic mass is 16.6. The Morgan fingerprint density at radius 1 is 1.11 bits per heavy atom. The van der Waals surface area contributed by atoms with Gasteiger partial charge in [0, 0.05) is 26.1 Å². The van der Waals surface area contributed by atoms with Crippen LogP contribution in [0.25, 0.3) is 0 Å². The smallest absolute Gasteiger partial charge is 0.408 e. The van der Waals surface area contributed by atoms with Crippen LogP contribution in [-0.4, -0.2) is 56.4 Å². The minimum absolute atomic E-state index is 0.0376. The molecule has 37 heavy (non-hydrogen) atoms. The summed E-state index contributed by atoms with van der Waals surface area (Å²) < 4.78 is 7.47. The Morgan fingerprint density at radius 2 is 1.78 bits per heavy atom. The molecule has 1 aromatic heterocycles. The van der Waals surface area contributed by atoms with Crippen molar-refractivity contribution in [3.8, 4) is 0 Å². The second-order valence-corrected chi connectivity index (χ2v) is 12.0. The number of hydrogen-bond donors (Lipinski definition) is 1. The maximum Gasteiger partial charge on any atom is 0.408 e. The van der Waals surface area contributed by atoms with Crippen molar-refractivity contribution < 1.29 is 14.3 Å². The van der Waals surface area contributed by atoms with E-state index in [1.165, 1.54) is 32.1 Å². The summed E-state index contributed by atoms with van der Waals surface area (Å²) in [6.07, 6.45) is 11.5. The molecule has 1 N–H and O–H groups in total. The lowest BCUT2D eigenvalue weighted by Crippen LogP contribution is -2.55. The van der Waals surface area contributed by atoms with Crippen molar-refractivity contribution in [1.82, 2.24) is 25.0 Å². The molecule has 1 unspecified atom stereocenters. The number of benzene rings is 1. The number of ether oxygens (including phenoxy) is 1. The van der Waals surface area contributed by atoms with Crippen molar-refractivity contribution in [1.29, 1.82) is 0 Å². The van der Waals surface area contributed by atoms with Gasteiger partial charge in [0.05, 0.1) is 0 Å². The molecule has 0 spiro atoms. The van der Waals surface area contributed by atoms with E-state index in [0.29, 0.717) is 25.4 Å². The molecule has 2 fully saturated rings. The summed E-state index contributed by atoms with van der Waals surface area (Å²) in [5, 5.41) is 7.29. The van der Waals surface area contributed by atoms with Gasteiger partial charge in [0.1, 0.15) is 24.3 Å². The zero-order valence-electron chi connectivity index (χ0n) is 22.9. The van der Waals surface area contributed by atoms with Crippen LogP contribution in [-0.2, 0) is 22.5 Å². The Bertz CT molecular complexity index is 1010. The van der Waals surface area contributed by atoms with Crippen molar-refractivity contribution in [3.63, 3.8) is 0 Å². The number of aryl methyl sites for hydroxylation is 1. The first kappa shape index (κ1) is 27.1. The van der Waals surface area contributed by atoms with Crippen molar-refractivity contribution in [2.45, 2.75) is 97.2 Å². The van der Waals surface area contributed by atoms with Crippen LogP contribution >= 0.6 is 0 Å². The molecule has 1 atom stereocenters. The van der Waals surface area contributed by atoms with E-state index in [1.54, 1.807) is 6.33 Å². The van der Waals surface area contributed by atoms with Gasteiger partial charge in [-0.05, 0) is 70.3 Å². The fourth-order valence-electron chi connectivity index (χ4n) is 6.05. The van der Waals surface area contributed by atoms with Crippen molar-refractivity contribution in [2.75, 3.05) is 13.1 Å². The molecule has 2 aliphatic rings. The number of carbonyl (C=O) groups is 2. The van der Waals surface area contributed by atoms with Gasteiger partial charge in [-0.1, -0.05) is 49.1 Å². The van der Waals surface area contributed by atoms with Gasteiger partial charge in [0.15, 0.2) is 0 Å². The molecule has 2 amide bonds. The first-order valence-electron chi connectivity index (χ1n) is 13.8. The summed E-state index contributed by atoms with van der Waals surface area (Å²) in [6.45, 7) is 9.74. The van der Waals surface area contributed by atoms with Gasteiger partial charge in [-0.25, -0.2) is 9.78 Å². The van der Waals surface area contributed by atoms with Crippen LogP contribution in [0, 0.1) is 18.3 Å². The predicted molar refractivity (Wildman–Crippen MR) is 143 cm³/mol. The van der Waals surface area contributed by atoms with Gasteiger partial charge in [-0.15, -0.1) is 0 Å². The molecule has 8 nitrogen and oxygen atoms in total. The summed E-state index contributed by atoms with van der Waals surface area (Å²) in [6, 6.07) is 7.45. The van der Waals surface area contributed by atoms with Crippen LogP contribution in [0.15, 0.2) is 36.9 Å². The maximum atomic E-state index is 13.8.